The Bertz CT molecular complexity index is 602. The highest BCUT2D eigenvalue weighted by molar-refractivity contribution is 5.85. The van der Waals surface area contributed by atoms with Gasteiger partial charge in [-0.2, -0.15) is 0 Å². The van der Waals surface area contributed by atoms with Gasteiger partial charge in [-0.05, 0) is 31.0 Å². The zero-order valence-electron chi connectivity index (χ0n) is 12.7. The SMILES string of the molecule is CN1CC2CN(c3ccc(-c4ccccc4)nn3)CC2C1.Cl. The first-order valence-corrected chi connectivity index (χ1v) is 7.62. The molecule has 1 aromatic heterocycles. The zero-order valence-corrected chi connectivity index (χ0v) is 13.5. The fraction of sp³-hybridized carbons (Fsp3) is 0.412. The first-order valence-electron chi connectivity index (χ1n) is 7.62. The van der Waals surface area contributed by atoms with E-state index in [-0.39, 0.29) is 12.4 Å². The van der Waals surface area contributed by atoms with E-state index in [1.54, 1.807) is 0 Å². The summed E-state index contributed by atoms with van der Waals surface area (Å²) in [5.41, 5.74) is 2.06. The zero-order chi connectivity index (χ0) is 14.2. The number of nitrogens with zero attached hydrogens (tertiary/aromatic N) is 4. The van der Waals surface area contributed by atoms with Crippen LogP contribution in [0.3, 0.4) is 0 Å². The van der Waals surface area contributed by atoms with Crippen molar-refractivity contribution in [3.8, 4) is 11.3 Å². The van der Waals surface area contributed by atoms with Crippen molar-refractivity contribution in [2.45, 2.75) is 0 Å². The molecule has 0 N–H and O–H groups in total. The van der Waals surface area contributed by atoms with Crippen molar-refractivity contribution in [2.24, 2.45) is 11.8 Å². The third-order valence-electron chi connectivity index (χ3n) is 4.71. The number of hydrogen-bond donors (Lipinski definition) is 0. The average molecular weight is 317 g/mol. The van der Waals surface area contributed by atoms with Gasteiger partial charge in [0, 0.05) is 31.7 Å². The summed E-state index contributed by atoms with van der Waals surface area (Å²) in [6.07, 6.45) is 0. The number of benzene rings is 1. The van der Waals surface area contributed by atoms with Crippen LogP contribution in [0.1, 0.15) is 0 Å². The molecule has 1 aromatic carbocycles. The lowest BCUT2D eigenvalue weighted by Gasteiger charge is -2.19. The predicted octanol–water partition coefficient (Wildman–Crippen LogP) is 2.56. The second-order valence-corrected chi connectivity index (χ2v) is 6.29. The van der Waals surface area contributed by atoms with Crippen molar-refractivity contribution in [1.82, 2.24) is 15.1 Å². The molecule has 0 radical (unpaired) electrons. The first kappa shape index (κ1) is 15.3. The largest absolute Gasteiger partial charge is 0.354 e. The minimum Gasteiger partial charge on any atom is -0.354 e. The molecule has 4 nitrogen and oxygen atoms in total. The van der Waals surface area contributed by atoms with Gasteiger partial charge in [0.2, 0.25) is 0 Å². The van der Waals surface area contributed by atoms with E-state index in [1.165, 1.54) is 13.1 Å². The Hall–Kier alpha value is -1.65. The second kappa shape index (κ2) is 6.23. The lowest BCUT2D eigenvalue weighted by molar-refractivity contribution is 0.387. The quantitative estimate of drug-likeness (QED) is 0.852. The Kier molecular flexibility index (Phi) is 4.32. The highest BCUT2D eigenvalue weighted by Crippen LogP contribution is 2.32. The monoisotopic (exact) mass is 316 g/mol. The van der Waals surface area contributed by atoms with Crippen LogP contribution >= 0.6 is 12.4 Å². The highest BCUT2D eigenvalue weighted by atomic mass is 35.5. The fourth-order valence-electron chi connectivity index (χ4n) is 3.67. The van der Waals surface area contributed by atoms with Crippen LogP contribution in [-0.2, 0) is 0 Å². The molecular formula is C17H21ClN4. The molecule has 3 heterocycles. The van der Waals surface area contributed by atoms with Gasteiger partial charge in [-0.25, -0.2) is 0 Å². The molecular weight excluding hydrogens is 296 g/mol. The average Bonchev–Trinajstić information content (AvgIpc) is 3.06. The summed E-state index contributed by atoms with van der Waals surface area (Å²) >= 11 is 0. The Morgan fingerprint density at radius 1 is 0.864 bits per heavy atom. The molecule has 116 valence electrons. The molecule has 0 saturated carbocycles. The predicted molar refractivity (Wildman–Crippen MR) is 91.4 cm³/mol. The third kappa shape index (κ3) is 2.81. The number of halogens is 1. The fourth-order valence-corrected chi connectivity index (χ4v) is 3.67. The van der Waals surface area contributed by atoms with Crippen molar-refractivity contribution >= 4 is 18.2 Å². The molecule has 2 aromatic rings. The summed E-state index contributed by atoms with van der Waals surface area (Å²) in [4.78, 5) is 4.83. The van der Waals surface area contributed by atoms with Gasteiger partial charge in [-0.15, -0.1) is 22.6 Å². The van der Waals surface area contributed by atoms with Crippen LogP contribution in [-0.4, -0.2) is 48.3 Å². The first-order chi connectivity index (χ1) is 10.3. The van der Waals surface area contributed by atoms with Gasteiger partial charge in [-0.3, -0.25) is 0 Å². The smallest absolute Gasteiger partial charge is 0.151 e. The molecule has 0 aliphatic carbocycles. The third-order valence-corrected chi connectivity index (χ3v) is 4.71. The van der Waals surface area contributed by atoms with E-state index in [1.807, 2.05) is 18.2 Å². The molecule has 0 amide bonds. The summed E-state index contributed by atoms with van der Waals surface area (Å²) in [5.74, 6) is 2.61. The van der Waals surface area contributed by atoms with E-state index >= 15 is 0 Å². The van der Waals surface area contributed by atoms with Gasteiger partial charge in [0.05, 0.1) is 5.69 Å². The van der Waals surface area contributed by atoms with Crippen molar-refractivity contribution in [3.63, 3.8) is 0 Å². The van der Waals surface area contributed by atoms with Crippen molar-refractivity contribution in [1.29, 1.82) is 0 Å². The summed E-state index contributed by atoms with van der Waals surface area (Å²) in [6, 6.07) is 14.4. The molecule has 22 heavy (non-hydrogen) atoms. The van der Waals surface area contributed by atoms with E-state index in [9.17, 15) is 0 Å². The summed E-state index contributed by atoms with van der Waals surface area (Å²) < 4.78 is 0. The van der Waals surface area contributed by atoms with E-state index < -0.39 is 0 Å². The Balaban J connectivity index is 0.00000144. The standard InChI is InChI=1S/C17H20N4.ClH/c1-20-9-14-11-21(12-15(14)10-20)17-8-7-16(18-19-17)13-5-3-2-4-6-13;/h2-8,14-15H,9-12H2,1H3;1H. The number of anilines is 1. The molecule has 2 fully saturated rings. The molecule has 0 bridgehead atoms. The minimum atomic E-state index is 0. The van der Waals surface area contributed by atoms with Crippen molar-refractivity contribution in [3.05, 3.63) is 42.5 Å². The number of rotatable bonds is 2. The minimum absolute atomic E-state index is 0. The lowest BCUT2D eigenvalue weighted by Crippen LogP contribution is -2.27. The Morgan fingerprint density at radius 3 is 2.14 bits per heavy atom. The summed E-state index contributed by atoms with van der Waals surface area (Å²) in [7, 11) is 2.22. The molecule has 2 aliphatic rings. The molecule has 2 saturated heterocycles. The van der Waals surface area contributed by atoms with E-state index in [0.717, 1.165) is 42.0 Å². The van der Waals surface area contributed by atoms with Crippen LogP contribution in [0.2, 0.25) is 0 Å². The van der Waals surface area contributed by atoms with Gasteiger partial charge >= 0.3 is 0 Å². The molecule has 0 spiro atoms. The number of likely N-dealkylation sites (tertiary alicyclic amines) is 1. The number of aromatic nitrogens is 2. The molecule has 2 aliphatic heterocycles. The maximum Gasteiger partial charge on any atom is 0.151 e. The Morgan fingerprint density at radius 2 is 1.55 bits per heavy atom. The van der Waals surface area contributed by atoms with E-state index in [4.69, 9.17) is 0 Å². The van der Waals surface area contributed by atoms with E-state index in [0.29, 0.717) is 0 Å². The van der Waals surface area contributed by atoms with Crippen LogP contribution in [0.5, 0.6) is 0 Å². The van der Waals surface area contributed by atoms with Gasteiger partial charge < -0.3 is 9.80 Å². The molecule has 5 heteroatoms. The maximum atomic E-state index is 4.45. The van der Waals surface area contributed by atoms with Crippen LogP contribution < -0.4 is 4.90 Å². The summed E-state index contributed by atoms with van der Waals surface area (Å²) in [5, 5.41) is 8.85. The normalized spacial score (nSPS) is 24.1. The van der Waals surface area contributed by atoms with Crippen LogP contribution in [0.15, 0.2) is 42.5 Å². The summed E-state index contributed by atoms with van der Waals surface area (Å²) in [6.45, 7) is 4.68. The number of hydrogen-bond acceptors (Lipinski definition) is 4. The number of fused-ring (bicyclic) bond motifs is 1. The van der Waals surface area contributed by atoms with Gasteiger partial charge in [0.1, 0.15) is 0 Å². The highest BCUT2D eigenvalue weighted by Gasteiger charge is 2.39. The van der Waals surface area contributed by atoms with Gasteiger partial charge in [-0.1, -0.05) is 30.3 Å². The van der Waals surface area contributed by atoms with E-state index in [2.05, 4.69) is 51.3 Å². The van der Waals surface area contributed by atoms with Gasteiger partial charge in [0.15, 0.2) is 5.82 Å². The van der Waals surface area contributed by atoms with Crippen LogP contribution in [0.25, 0.3) is 11.3 Å². The maximum absolute atomic E-state index is 4.45. The molecule has 2 unspecified atom stereocenters. The molecule has 2 atom stereocenters. The van der Waals surface area contributed by atoms with Crippen LogP contribution in [0, 0.1) is 11.8 Å². The lowest BCUT2D eigenvalue weighted by atomic mass is 10.0. The Labute approximate surface area is 137 Å². The second-order valence-electron chi connectivity index (χ2n) is 6.29. The van der Waals surface area contributed by atoms with Gasteiger partial charge in [0.25, 0.3) is 0 Å². The van der Waals surface area contributed by atoms with Crippen LogP contribution in [0.4, 0.5) is 5.82 Å². The van der Waals surface area contributed by atoms with Crippen molar-refractivity contribution < 1.29 is 0 Å². The topological polar surface area (TPSA) is 32.3 Å². The van der Waals surface area contributed by atoms with Crippen molar-refractivity contribution in [2.75, 3.05) is 38.1 Å². The molecule has 4 rings (SSSR count).